The molecule has 0 radical (unpaired) electrons. The lowest BCUT2D eigenvalue weighted by atomic mass is 10.1. The number of ether oxygens (including phenoxy) is 2. The molecule has 2 N–H and O–H groups in total. The fourth-order valence-electron chi connectivity index (χ4n) is 2.84. The number of hydrogen-bond donors (Lipinski definition) is 2. The van der Waals surface area contributed by atoms with Crippen LogP contribution in [0.15, 0.2) is 34.8 Å². The number of nitrogens with zero attached hydrogens (tertiary/aromatic N) is 1. The maximum atomic E-state index is 6.10. The van der Waals surface area contributed by atoms with Crippen LogP contribution in [0, 0.1) is 6.92 Å². The first-order valence-corrected chi connectivity index (χ1v) is 10.2. The summed E-state index contributed by atoms with van der Waals surface area (Å²) in [6, 6.07) is 6.34. The van der Waals surface area contributed by atoms with Crippen molar-refractivity contribution in [3.63, 3.8) is 0 Å². The number of guanidine groups is 1. The summed E-state index contributed by atoms with van der Waals surface area (Å²) in [5.74, 6) is 1.79. The van der Waals surface area contributed by atoms with Crippen molar-refractivity contribution in [2.45, 2.75) is 59.6 Å². The lowest BCUT2D eigenvalue weighted by Crippen LogP contribution is -2.38. The topological polar surface area (TPSA) is 54.9 Å². The molecule has 1 aliphatic rings. The zero-order chi connectivity index (χ0) is 19.5. The van der Waals surface area contributed by atoms with Crippen molar-refractivity contribution in [3.05, 3.63) is 41.0 Å². The average molecular weight is 501 g/mol. The van der Waals surface area contributed by atoms with Crippen LogP contribution in [-0.4, -0.2) is 38.4 Å². The van der Waals surface area contributed by atoms with Gasteiger partial charge in [0.2, 0.25) is 0 Å². The minimum Gasteiger partial charge on any atom is -0.490 e. The minimum atomic E-state index is 0. The summed E-state index contributed by atoms with van der Waals surface area (Å²) in [7, 11) is 0. The number of halogens is 1. The van der Waals surface area contributed by atoms with E-state index in [4.69, 9.17) is 14.5 Å². The molecular formula is C22H36IN3O2. The van der Waals surface area contributed by atoms with E-state index in [1.165, 1.54) is 11.1 Å². The van der Waals surface area contributed by atoms with E-state index < -0.39 is 0 Å². The molecule has 1 aromatic carbocycles. The van der Waals surface area contributed by atoms with Gasteiger partial charge >= 0.3 is 0 Å². The fraction of sp³-hybridized carbons (Fsp3) is 0.591. The summed E-state index contributed by atoms with van der Waals surface area (Å²) >= 11 is 0. The van der Waals surface area contributed by atoms with Gasteiger partial charge < -0.3 is 20.1 Å². The van der Waals surface area contributed by atoms with Gasteiger partial charge in [-0.15, -0.1) is 24.0 Å². The molecule has 0 bridgehead atoms. The molecule has 0 saturated heterocycles. The van der Waals surface area contributed by atoms with Crippen molar-refractivity contribution in [2.75, 3.05) is 26.3 Å². The van der Waals surface area contributed by atoms with Crippen LogP contribution in [0.1, 0.15) is 51.2 Å². The fourth-order valence-corrected chi connectivity index (χ4v) is 2.84. The average Bonchev–Trinajstić information content (AvgIpc) is 2.68. The van der Waals surface area contributed by atoms with Gasteiger partial charge in [-0.3, -0.25) is 0 Å². The van der Waals surface area contributed by atoms with Crippen LogP contribution in [0.2, 0.25) is 0 Å². The van der Waals surface area contributed by atoms with Crippen LogP contribution in [0.5, 0.6) is 5.75 Å². The molecule has 1 atom stereocenters. The highest BCUT2D eigenvalue weighted by Crippen LogP contribution is 2.23. The van der Waals surface area contributed by atoms with Crippen molar-refractivity contribution in [3.8, 4) is 5.75 Å². The van der Waals surface area contributed by atoms with Crippen molar-refractivity contribution in [2.24, 2.45) is 4.99 Å². The van der Waals surface area contributed by atoms with Crippen molar-refractivity contribution >= 4 is 29.9 Å². The molecule has 158 valence electrons. The molecule has 1 aromatic rings. The number of rotatable bonds is 9. The summed E-state index contributed by atoms with van der Waals surface area (Å²) in [4.78, 5) is 4.76. The number of benzene rings is 1. The van der Waals surface area contributed by atoms with E-state index in [0.29, 0.717) is 6.54 Å². The monoisotopic (exact) mass is 501 g/mol. The van der Waals surface area contributed by atoms with Gasteiger partial charge in [0.25, 0.3) is 0 Å². The summed E-state index contributed by atoms with van der Waals surface area (Å²) in [6.07, 6.45) is 5.45. The summed E-state index contributed by atoms with van der Waals surface area (Å²) in [5.41, 5.74) is 3.79. The second-order valence-electron chi connectivity index (χ2n) is 7.01. The van der Waals surface area contributed by atoms with Gasteiger partial charge in [0.1, 0.15) is 5.75 Å². The quantitative estimate of drug-likeness (QED) is 0.225. The van der Waals surface area contributed by atoms with Gasteiger partial charge in [0.15, 0.2) is 5.96 Å². The van der Waals surface area contributed by atoms with Gasteiger partial charge in [0, 0.05) is 18.7 Å². The highest BCUT2D eigenvalue weighted by Gasteiger charge is 2.09. The van der Waals surface area contributed by atoms with Crippen LogP contribution < -0.4 is 15.4 Å². The summed E-state index contributed by atoms with van der Waals surface area (Å²) in [6.45, 7) is 12.3. The van der Waals surface area contributed by atoms with Crippen LogP contribution in [-0.2, 0) is 11.3 Å². The molecule has 1 heterocycles. The van der Waals surface area contributed by atoms with E-state index >= 15 is 0 Å². The zero-order valence-electron chi connectivity index (χ0n) is 17.7. The lowest BCUT2D eigenvalue weighted by Gasteiger charge is -2.17. The molecule has 6 heteroatoms. The Bertz CT molecular complexity index is 647. The van der Waals surface area contributed by atoms with Crippen LogP contribution in [0.4, 0.5) is 0 Å². The van der Waals surface area contributed by atoms with Gasteiger partial charge in [-0.2, -0.15) is 0 Å². The Morgan fingerprint density at radius 3 is 2.79 bits per heavy atom. The smallest absolute Gasteiger partial charge is 0.191 e. The van der Waals surface area contributed by atoms with E-state index in [2.05, 4.69) is 62.6 Å². The first-order chi connectivity index (χ1) is 13.1. The molecule has 28 heavy (non-hydrogen) atoms. The standard InChI is InChI=1S/C22H35N3O2.HI/c1-5-18(4)27-21-15-17(3)7-8-20(21)16-25-22(23-6-2)24-12-9-19-10-13-26-14-11-19;/h7-8,10,15,18H,5-6,9,11-14,16H2,1-4H3,(H2,23,24,25);1H. The number of nitrogens with one attached hydrogen (secondary N) is 2. The Hall–Kier alpha value is -1.28. The predicted molar refractivity (Wildman–Crippen MR) is 128 cm³/mol. The van der Waals surface area contributed by atoms with E-state index in [9.17, 15) is 0 Å². The number of hydrogen-bond acceptors (Lipinski definition) is 3. The normalized spacial score (nSPS) is 15.3. The Morgan fingerprint density at radius 2 is 2.11 bits per heavy atom. The van der Waals surface area contributed by atoms with Crippen molar-refractivity contribution in [1.29, 1.82) is 0 Å². The van der Waals surface area contributed by atoms with Gasteiger partial charge in [-0.1, -0.05) is 30.7 Å². The number of aryl methyl sites for hydroxylation is 1. The second-order valence-corrected chi connectivity index (χ2v) is 7.01. The van der Waals surface area contributed by atoms with Crippen LogP contribution >= 0.6 is 24.0 Å². The molecule has 0 amide bonds. The molecule has 0 spiro atoms. The first-order valence-electron chi connectivity index (χ1n) is 10.2. The molecule has 2 rings (SSSR count). The summed E-state index contributed by atoms with van der Waals surface area (Å²) in [5, 5.41) is 6.76. The summed E-state index contributed by atoms with van der Waals surface area (Å²) < 4.78 is 11.5. The first kappa shape index (κ1) is 24.8. The van der Waals surface area contributed by atoms with Crippen LogP contribution in [0.3, 0.4) is 0 Å². The maximum absolute atomic E-state index is 6.10. The SMILES string of the molecule is CCNC(=NCc1ccc(C)cc1OC(C)CC)NCCC1=CCOCC1.I. The zero-order valence-corrected chi connectivity index (χ0v) is 20.0. The Balaban J connectivity index is 0.00000392. The van der Waals surface area contributed by atoms with Crippen molar-refractivity contribution < 1.29 is 9.47 Å². The lowest BCUT2D eigenvalue weighted by molar-refractivity contribution is 0.153. The molecule has 0 aromatic heterocycles. The molecule has 0 saturated carbocycles. The minimum absolute atomic E-state index is 0. The third-order valence-electron chi connectivity index (χ3n) is 4.67. The molecule has 5 nitrogen and oxygen atoms in total. The largest absolute Gasteiger partial charge is 0.490 e. The maximum Gasteiger partial charge on any atom is 0.191 e. The predicted octanol–water partition coefficient (Wildman–Crippen LogP) is 4.58. The second kappa shape index (κ2) is 13.8. The molecule has 1 unspecified atom stereocenters. The molecule has 1 aliphatic heterocycles. The van der Waals surface area contributed by atoms with Crippen molar-refractivity contribution in [1.82, 2.24) is 10.6 Å². The van der Waals surface area contributed by atoms with E-state index in [1.807, 2.05) is 0 Å². The number of aliphatic imine (C=N–C) groups is 1. The Morgan fingerprint density at radius 1 is 1.29 bits per heavy atom. The van der Waals surface area contributed by atoms with Gasteiger partial charge in [-0.25, -0.2) is 4.99 Å². The molecule has 0 aliphatic carbocycles. The van der Waals surface area contributed by atoms with E-state index in [-0.39, 0.29) is 30.1 Å². The van der Waals surface area contributed by atoms with Crippen LogP contribution in [0.25, 0.3) is 0 Å². The van der Waals surface area contributed by atoms with E-state index in [0.717, 1.165) is 62.8 Å². The Kier molecular flexibility index (Phi) is 12.2. The Labute approximate surface area is 187 Å². The van der Waals surface area contributed by atoms with Gasteiger partial charge in [-0.05, 0) is 51.7 Å². The third-order valence-corrected chi connectivity index (χ3v) is 4.67. The van der Waals surface area contributed by atoms with E-state index in [1.54, 1.807) is 0 Å². The highest BCUT2D eigenvalue weighted by atomic mass is 127. The van der Waals surface area contributed by atoms with Gasteiger partial charge in [0.05, 0.1) is 25.9 Å². The highest BCUT2D eigenvalue weighted by molar-refractivity contribution is 14.0. The molecule has 0 fully saturated rings. The molecular weight excluding hydrogens is 465 g/mol. The third kappa shape index (κ3) is 8.82.